The molecule has 0 fully saturated rings. The first-order chi connectivity index (χ1) is 4.72. The van der Waals surface area contributed by atoms with Crippen LogP contribution in [0.3, 0.4) is 0 Å². The van der Waals surface area contributed by atoms with Crippen LogP contribution in [-0.4, -0.2) is 12.6 Å². The van der Waals surface area contributed by atoms with E-state index < -0.39 is 0 Å². The zero-order valence-corrected chi connectivity index (χ0v) is 6.63. The molecule has 0 aromatic rings. The Hall–Kier alpha value is -0.500. The number of rotatable bonds is 2. The lowest BCUT2D eigenvalue weighted by atomic mass is 9.97. The molecule has 0 saturated heterocycles. The van der Waals surface area contributed by atoms with Crippen LogP contribution in [0.15, 0.2) is 11.8 Å². The summed E-state index contributed by atoms with van der Waals surface area (Å²) >= 11 is 0. The molecule has 1 aliphatic rings. The van der Waals surface area contributed by atoms with Gasteiger partial charge in [-0.15, -0.1) is 0 Å². The molecule has 58 valence electrons. The standard InChI is InChI=1S/C8H15NO/c1-6(2)8(9)7-3-4-10-5-7/h5-6,8H,3-4,9H2,1-2H3. The number of nitrogens with two attached hydrogens (primary N) is 1. The fraction of sp³-hybridized carbons (Fsp3) is 0.750. The summed E-state index contributed by atoms with van der Waals surface area (Å²) in [6.45, 7) is 5.07. The SMILES string of the molecule is CC(C)C(N)C1=COCC1. The van der Waals surface area contributed by atoms with Crippen LogP contribution in [0.25, 0.3) is 0 Å². The van der Waals surface area contributed by atoms with Crippen molar-refractivity contribution >= 4 is 0 Å². The van der Waals surface area contributed by atoms with Gasteiger partial charge in [-0.05, 0) is 11.5 Å². The van der Waals surface area contributed by atoms with Crippen LogP contribution in [0.1, 0.15) is 20.3 Å². The van der Waals surface area contributed by atoms with Gasteiger partial charge in [0.1, 0.15) is 0 Å². The third-order valence-corrected chi connectivity index (χ3v) is 1.89. The highest BCUT2D eigenvalue weighted by atomic mass is 16.5. The van der Waals surface area contributed by atoms with Crippen LogP contribution in [0.2, 0.25) is 0 Å². The summed E-state index contributed by atoms with van der Waals surface area (Å²) in [7, 11) is 0. The van der Waals surface area contributed by atoms with Crippen LogP contribution >= 0.6 is 0 Å². The van der Waals surface area contributed by atoms with Crippen molar-refractivity contribution < 1.29 is 4.74 Å². The van der Waals surface area contributed by atoms with Gasteiger partial charge < -0.3 is 10.5 Å². The lowest BCUT2D eigenvalue weighted by Gasteiger charge is -2.14. The molecule has 1 rings (SSSR count). The Morgan fingerprint density at radius 3 is 2.70 bits per heavy atom. The predicted octanol–water partition coefficient (Wildman–Crippen LogP) is 1.27. The van der Waals surface area contributed by atoms with E-state index >= 15 is 0 Å². The van der Waals surface area contributed by atoms with Gasteiger partial charge in [-0.3, -0.25) is 0 Å². The minimum absolute atomic E-state index is 0.197. The largest absolute Gasteiger partial charge is 0.501 e. The van der Waals surface area contributed by atoms with Gasteiger partial charge in [0, 0.05) is 12.5 Å². The van der Waals surface area contributed by atoms with Crippen molar-refractivity contribution in [1.29, 1.82) is 0 Å². The molecule has 0 aliphatic carbocycles. The van der Waals surface area contributed by atoms with E-state index in [1.165, 1.54) is 5.57 Å². The molecule has 0 bridgehead atoms. The Labute approximate surface area is 62.1 Å². The van der Waals surface area contributed by atoms with Crippen LogP contribution in [0.5, 0.6) is 0 Å². The molecule has 10 heavy (non-hydrogen) atoms. The van der Waals surface area contributed by atoms with Crippen molar-refractivity contribution in [2.24, 2.45) is 11.7 Å². The van der Waals surface area contributed by atoms with Crippen LogP contribution in [0, 0.1) is 5.92 Å². The Balaban J connectivity index is 2.47. The maximum absolute atomic E-state index is 5.87. The van der Waals surface area contributed by atoms with E-state index in [4.69, 9.17) is 10.5 Å². The van der Waals surface area contributed by atoms with E-state index in [-0.39, 0.29) is 6.04 Å². The van der Waals surface area contributed by atoms with E-state index in [1.807, 2.05) is 6.26 Å². The second kappa shape index (κ2) is 3.06. The maximum atomic E-state index is 5.87. The molecule has 1 aliphatic heterocycles. The lowest BCUT2D eigenvalue weighted by Crippen LogP contribution is -2.27. The van der Waals surface area contributed by atoms with Crippen molar-refractivity contribution in [3.63, 3.8) is 0 Å². The summed E-state index contributed by atoms with van der Waals surface area (Å²) in [5, 5.41) is 0. The average Bonchev–Trinajstić information content (AvgIpc) is 2.36. The van der Waals surface area contributed by atoms with E-state index in [1.54, 1.807) is 0 Å². The molecule has 1 atom stereocenters. The summed E-state index contributed by atoms with van der Waals surface area (Å²) in [5.41, 5.74) is 7.13. The molecule has 0 saturated carbocycles. The normalized spacial score (nSPS) is 20.6. The molecule has 0 amide bonds. The predicted molar refractivity (Wildman–Crippen MR) is 41.5 cm³/mol. The highest BCUT2D eigenvalue weighted by Gasteiger charge is 2.16. The molecular weight excluding hydrogens is 126 g/mol. The number of hydrogen-bond donors (Lipinski definition) is 1. The summed E-state index contributed by atoms with van der Waals surface area (Å²) in [4.78, 5) is 0. The Bertz CT molecular complexity index is 140. The highest BCUT2D eigenvalue weighted by Crippen LogP contribution is 2.17. The zero-order valence-electron chi connectivity index (χ0n) is 6.63. The van der Waals surface area contributed by atoms with Crippen molar-refractivity contribution in [3.8, 4) is 0 Å². The molecule has 2 heteroatoms. The van der Waals surface area contributed by atoms with Gasteiger partial charge >= 0.3 is 0 Å². The van der Waals surface area contributed by atoms with Gasteiger partial charge in [0.25, 0.3) is 0 Å². The first-order valence-electron chi connectivity index (χ1n) is 3.78. The number of ether oxygens (including phenoxy) is 1. The van der Waals surface area contributed by atoms with Gasteiger partial charge in [0.15, 0.2) is 0 Å². The summed E-state index contributed by atoms with van der Waals surface area (Å²) in [5.74, 6) is 0.521. The fourth-order valence-electron chi connectivity index (χ4n) is 1.08. The first kappa shape index (κ1) is 7.61. The van der Waals surface area contributed by atoms with E-state index in [2.05, 4.69) is 13.8 Å². The van der Waals surface area contributed by atoms with Gasteiger partial charge in [0.05, 0.1) is 12.9 Å². The minimum Gasteiger partial charge on any atom is -0.501 e. The molecular formula is C8H15NO. The Morgan fingerprint density at radius 1 is 1.60 bits per heavy atom. The monoisotopic (exact) mass is 141 g/mol. The van der Waals surface area contributed by atoms with Crippen LogP contribution in [0.4, 0.5) is 0 Å². The van der Waals surface area contributed by atoms with Crippen molar-refractivity contribution in [3.05, 3.63) is 11.8 Å². The summed E-state index contributed by atoms with van der Waals surface area (Å²) < 4.78 is 5.09. The maximum Gasteiger partial charge on any atom is 0.0912 e. The first-order valence-corrected chi connectivity index (χ1v) is 3.78. The topological polar surface area (TPSA) is 35.2 Å². The lowest BCUT2D eigenvalue weighted by molar-refractivity contribution is 0.281. The molecule has 1 unspecified atom stereocenters. The van der Waals surface area contributed by atoms with E-state index in [9.17, 15) is 0 Å². The molecule has 0 aromatic heterocycles. The van der Waals surface area contributed by atoms with Crippen molar-refractivity contribution in [2.45, 2.75) is 26.3 Å². The van der Waals surface area contributed by atoms with Gasteiger partial charge in [-0.2, -0.15) is 0 Å². The minimum atomic E-state index is 0.197. The molecule has 0 aromatic carbocycles. The Kier molecular flexibility index (Phi) is 2.33. The Morgan fingerprint density at radius 2 is 2.30 bits per heavy atom. The molecule has 2 nitrogen and oxygen atoms in total. The van der Waals surface area contributed by atoms with Gasteiger partial charge in [0.2, 0.25) is 0 Å². The van der Waals surface area contributed by atoms with E-state index in [0.717, 1.165) is 13.0 Å². The average molecular weight is 141 g/mol. The van der Waals surface area contributed by atoms with Gasteiger partial charge in [-0.1, -0.05) is 13.8 Å². The van der Waals surface area contributed by atoms with Gasteiger partial charge in [-0.25, -0.2) is 0 Å². The summed E-state index contributed by atoms with van der Waals surface area (Å²) in [6.07, 6.45) is 2.82. The molecule has 0 radical (unpaired) electrons. The van der Waals surface area contributed by atoms with Crippen LogP contribution < -0.4 is 5.73 Å². The van der Waals surface area contributed by atoms with Crippen LogP contribution in [-0.2, 0) is 4.74 Å². The third kappa shape index (κ3) is 1.51. The number of hydrogen-bond acceptors (Lipinski definition) is 2. The molecule has 1 heterocycles. The zero-order chi connectivity index (χ0) is 7.56. The molecule has 0 spiro atoms. The quantitative estimate of drug-likeness (QED) is 0.628. The summed E-state index contributed by atoms with van der Waals surface area (Å²) in [6, 6.07) is 0.197. The fourth-order valence-corrected chi connectivity index (χ4v) is 1.08. The van der Waals surface area contributed by atoms with E-state index in [0.29, 0.717) is 5.92 Å². The second-order valence-corrected chi connectivity index (χ2v) is 3.08. The smallest absolute Gasteiger partial charge is 0.0912 e. The van der Waals surface area contributed by atoms with Crippen molar-refractivity contribution in [2.75, 3.05) is 6.61 Å². The van der Waals surface area contributed by atoms with Crippen molar-refractivity contribution in [1.82, 2.24) is 0 Å². The molecule has 2 N–H and O–H groups in total. The third-order valence-electron chi connectivity index (χ3n) is 1.89. The highest BCUT2D eigenvalue weighted by molar-refractivity contribution is 5.11. The second-order valence-electron chi connectivity index (χ2n) is 3.08.